The molecule has 0 radical (unpaired) electrons. The van der Waals surface area contributed by atoms with Gasteiger partial charge in [-0.15, -0.1) is 0 Å². The number of hydrogen-bond donors (Lipinski definition) is 2. The van der Waals surface area contributed by atoms with E-state index in [9.17, 15) is 9.59 Å². The van der Waals surface area contributed by atoms with Crippen molar-refractivity contribution in [3.63, 3.8) is 0 Å². The summed E-state index contributed by atoms with van der Waals surface area (Å²) in [5.74, 6) is -1.05. The quantitative estimate of drug-likeness (QED) is 0.842. The summed E-state index contributed by atoms with van der Waals surface area (Å²) >= 11 is 0. The fourth-order valence-corrected chi connectivity index (χ4v) is 1.40. The molecule has 0 unspecified atom stereocenters. The minimum absolute atomic E-state index is 0.00180. The Morgan fingerprint density at radius 2 is 1.88 bits per heavy atom. The Labute approximate surface area is 100 Å². The highest BCUT2D eigenvalue weighted by Gasteiger charge is 2.17. The zero-order valence-electron chi connectivity index (χ0n) is 10.1. The molecule has 17 heavy (non-hydrogen) atoms. The first-order valence-electron chi connectivity index (χ1n) is 5.30. The van der Waals surface area contributed by atoms with E-state index in [0.29, 0.717) is 5.69 Å². The number of carboxylic acid groups (broad SMARTS) is 1. The number of para-hydroxylation sites is 1. The molecule has 0 aliphatic carbocycles. The minimum atomic E-state index is -1.05. The molecule has 92 valence electrons. The molecule has 0 spiro atoms. The minimum Gasteiger partial charge on any atom is -0.478 e. The van der Waals surface area contributed by atoms with Crippen LogP contribution in [0, 0.1) is 0 Å². The number of carbonyl (C=O) groups is 2. The van der Waals surface area contributed by atoms with Crippen molar-refractivity contribution in [3.05, 3.63) is 29.8 Å². The van der Waals surface area contributed by atoms with Crippen molar-refractivity contribution in [2.75, 3.05) is 11.9 Å². The number of aromatic carboxylic acids is 1. The Bertz CT molecular complexity index is 430. The monoisotopic (exact) mass is 236 g/mol. The maximum atomic E-state index is 11.8. The number of nitrogens with one attached hydrogen (secondary N) is 1. The van der Waals surface area contributed by atoms with Crippen molar-refractivity contribution in [2.45, 2.75) is 19.9 Å². The fourth-order valence-electron chi connectivity index (χ4n) is 1.40. The molecule has 0 heterocycles. The Balaban J connectivity index is 2.99. The predicted molar refractivity (Wildman–Crippen MR) is 65.5 cm³/mol. The van der Waals surface area contributed by atoms with Crippen LogP contribution in [0.4, 0.5) is 10.5 Å². The van der Waals surface area contributed by atoms with E-state index in [1.807, 2.05) is 13.8 Å². The average Bonchev–Trinajstić information content (AvgIpc) is 2.27. The van der Waals surface area contributed by atoms with Crippen LogP contribution < -0.4 is 10.2 Å². The maximum Gasteiger partial charge on any atom is 0.337 e. The van der Waals surface area contributed by atoms with Crippen molar-refractivity contribution in [1.82, 2.24) is 5.32 Å². The van der Waals surface area contributed by atoms with Crippen LogP contribution in [0.5, 0.6) is 0 Å². The molecule has 1 rings (SSSR count). The molecule has 0 aliphatic rings. The lowest BCUT2D eigenvalue weighted by molar-refractivity contribution is 0.0697. The van der Waals surface area contributed by atoms with Crippen molar-refractivity contribution in [3.8, 4) is 0 Å². The second-order valence-corrected chi connectivity index (χ2v) is 3.99. The molecule has 0 saturated heterocycles. The van der Waals surface area contributed by atoms with E-state index in [0.717, 1.165) is 0 Å². The van der Waals surface area contributed by atoms with Gasteiger partial charge in [-0.3, -0.25) is 4.90 Å². The second kappa shape index (κ2) is 5.34. The van der Waals surface area contributed by atoms with Gasteiger partial charge in [0.1, 0.15) is 0 Å². The maximum absolute atomic E-state index is 11.8. The molecule has 2 amide bonds. The van der Waals surface area contributed by atoms with E-state index < -0.39 is 5.97 Å². The molecule has 0 saturated carbocycles. The molecule has 0 fully saturated rings. The number of carbonyl (C=O) groups excluding carboxylic acids is 1. The third-order valence-corrected chi connectivity index (χ3v) is 2.21. The molecule has 5 heteroatoms. The lowest BCUT2D eigenvalue weighted by Gasteiger charge is -2.21. The van der Waals surface area contributed by atoms with Gasteiger partial charge in [0.25, 0.3) is 0 Å². The summed E-state index contributed by atoms with van der Waals surface area (Å²) in [5, 5.41) is 11.7. The number of benzene rings is 1. The second-order valence-electron chi connectivity index (χ2n) is 3.99. The van der Waals surface area contributed by atoms with E-state index >= 15 is 0 Å². The van der Waals surface area contributed by atoms with Crippen molar-refractivity contribution >= 4 is 17.7 Å². The molecule has 5 nitrogen and oxygen atoms in total. The van der Waals surface area contributed by atoms with Crippen LogP contribution >= 0.6 is 0 Å². The number of rotatable bonds is 3. The summed E-state index contributed by atoms with van der Waals surface area (Å²) in [6.45, 7) is 3.68. The van der Waals surface area contributed by atoms with Crippen LogP contribution in [0.1, 0.15) is 24.2 Å². The molecular formula is C12H16N2O3. The van der Waals surface area contributed by atoms with Crippen LogP contribution in [0.15, 0.2) is 24.3 Å². The molecule has 1 aromatic rings. The van der Waals surface area contributed by atoms with Crippen LogP contribution in [-0.4, -0.2) is 30.2 Å². The molecule has 2 N–H and O–H groups in total. The number of nitrogens with zero attached hydrogens (tertiary/aromatic N) is 1. The Morgan fingerprint density at radius 3 is 2.41 bits per heavy atom. The summed E-state index contributed by atoms with van der Waals surface area (Å²) in [4.78, 5) is 24.1. The van der Waals surface area contributed by atoms with Gasteiger partial charge in [-0.05, 0) is 26.0 Å². The van der Waals surface area contributed by atoms with Crippen molar-refractivity contribution in [2.24, 2.45) is 0 Å². The zero-order valence-corrected chi connectivity index (χ0v) is 10.1. The normalized spacial score (nSPS) is 10.1. The third kappa shape index (κ3) is 3.21. The van der Waals surface area contributed by atoms with Gasteiger partial charge in [0, 0.05) is 13.1 Å². The molecule has 0 aromatic heterocycles. The van der Waals surface area contributed by atoms with Crippen molar-refractivity contribution < 1.29 is 14.7 Å². The van der Waals surface area contributed by atoms with Gasteiger partial charge >= 0.3 is 12.0 Å². The molecule has 0 aliphatic heterocycles. The van der Waals surface area contributed by atoms with E-state index in [2.05, 4.69) is 5.32 Å². The van der Waals surface area contributed by atoms with E-state index in [-0.39, 0.29) is 17.6 Å². The third-order valence-electron chi connectivity index (χ3n) is 2.21. The van der Waals surface area contributed by atoms with Gasteiger partial charge in [-0.2, -0.15) is 0 Å². The highest BCUT2D eigenvalue weighted by Crippen LogP contribution is 2.19. The smallest absolute Gasteiger partial charge is 0.337 e. The van der Waals surface area contributed by atoms with Crippen LogP contribution in [-0.2, 0) is 0 Å². The Morgan fingerprint density at radius 1 is 1.29 bits per heavy atom. The first-order valence-corrected chi connectivity index (χ1v) is 5.30. The molecule has 1 aromatic carbocycles. The first kappa shape index (κ1) is 13.0. The lowest BCUT2D eigenvalue weighted by atomic mass is 10.1. The predicted octanol–water partition coefficient (Wildman–Crippen LogP) is 1.94. The number of anilines is 1. The van der Waals surface area contributed by atoms with Crippen LogP contribution in [0.3, 0.4) is 0 Å². The molecule has 0 bridgehead atoms. The average molecular weight is 236 g/mol. The van der Waals surface area contributed by atoms with Crippen molar-refractivity contribution in [1.29, 1.82) is 0 Å². The van der Waals surface area contributed by atoms with Gasteiger partial charge in [-0.25, -0.2) is 9.59 Å². The summed E-state index contributed by atoms with van der Waals surface area (Å²) in [6.07, 6.45) is 0. The van der Waals surface area contributed by atoms with Gasteiger partial charge in [-0.1, -0.05) is 12.1 Å². The van der Waals surface area contributed by atoms with E-state index in [1.54, 1.807) is 25.2 Å². The molecule has 0 atom stereocenters. The van der Waals surface area contributed by atoms with Gasteiger partial charge < -0.3 is 10.4 Å². The summed E-state index contributed by atoms with van der Waals surface area (Å²) in [7, 11) is 1.54. The number of carboxylic acids is 1. The van der Waals surface area contributed by atoms with E-state index in [1.165, 1.54) is 11.0 Å². The number of hydrogen-bond acceptors (Lipinski definition) is 2. The standard InChI is InChI=1S/C12H16N2O3/c1-8(2)13-12(17)14(3)10-7-5-4-6-9(10)11(15)16/h4-8H,1-3H3,(H,13,17)(H,15,16). The Kier molecular flexibility index (Phi) is 4.09. The largest absolute Gasteiger partial charge is 0.478 e. The summed E-state index contributed by atoms with van der Waals surface area (Å²) in [6, 6.07) is 6.07. The fraction of sp³-hybridized carbons (Fsp3) is 0.333. The highest BCUT2D eigenvalue weighted by molar-refractivity contribution is 6.01. The zero-order chi connectivity index (χ0) is 13.0. The number of urea groups is 1. The Hall–Kier alpha value is -2.04. The summed E-state index contributed by atoms with van der Waals surface area (Å²) in [5.41, 5.74) is 0.479. The van der Waals surface area contributed by atoms with Gasteiger partial charge in [0.2, 0.25) is 0 Å². The number of amides is 2. The van der Waals surface area contributed by atoms with Gasteiger partial charge in [0.05, 0.1) is 11.3 Å². The van der Waals surface area contributed by atoms with E-state index in [4.69, 9.17) is 5.11 Å². The molecular weight excluding hydrogens is 220 g/mol. The van der Waals surface area contributed by atoms with Crippen LogP contribution in [0.25, 0.3) is 0 Å². The first-order chi connectivity index (χ1) is 7.93. The lowest BCUT2D eigenvalue weighted by Crippen LogP contribution is -2.41. The SMILES string of the molecule is CC(C)NC(=O)N(C)c1ccccc1C(=O)O. The van der Waals surface area contributed by atoms with Gasteiger partial charge in [0.15, 0.2) is 0 Å². The van der Waals surface area contributed by atoms with Crippen LogP contribution in [0.2, 0.25) is 0 Å². The highest BCUT2D eigenvalue weighted by atomic mass is 16.4. The summed E-state index contributed by atoms with van der Waals surface area (Å²) < 4.78 is 0. The topological polar surface area (TPSA) is 69.6 Å².